The molecule has 0 unspecified atom stereocenters. The molecule has 0 saturated heterocycles. The average molecular weight is 752 g/mol. The summed E-state index contributed by atoms with van der Waals surface area (Å²) in [6, 6.07) is 50.7. The minimum atomic E-state index is -0.468. The van der Waals surface area contributed by atoms with Crippen LogP contribution in [0, 0.1) is 10.8 Å². The Morgan fingerprint density at radius 3 is 1.50 bits per heavy atom. The normalized spacial score (nSPS) is 16.8. The molecular weight excluding hydrogens is 707 g/mol. The Bertz CT molecular complexity index is 3140. The van der Waals surface area contributed by atoms with E-state index >= 15 is 0 Å². The van der Waals surface area contributed by atoms with E-state index in [0.717, 1.165) is 89.9 Å². The fraction of sp³-hybridized carbons (Fsp3) is 0.200. The van der Waals surface area contributed by atoms with Gasteiger partial charge in [0.05, 0.1) is 16.6 Å². The van der Waals surface area contributed by atoms with Gasteiger partial charge in [-0.3, -0.25) is 9.59 Å². The van der Waals surface area contributed by atoms with E-state index in [9.17, 15) is 9.59 Å². The predicted octanol–water partition coefficient (Wildman–Crippen LogP) is 14.2. The lowest BCUT2D eigenvalue weighted by Gasteiger charge is -2.41. The van der Waals surface area contributed by atoms with E-state index < -0.39 is 10.8 Å². The van der Waals surface area contributed by atoms with E-state index in [4.69, 9.17) is 0 Å². The number of nitrogens with zero attached hydrogens (tertiary/aromatic N) is 1. The summed E-state index contributed by atoms with van der Waals surface area (Å²) in [6.07, 6.45) is 1.50. The molecule has 0 N–H and O–H groups in total. The zero-order chi connectivity index (χ0) is 39.9. The molecule has 282 valence electrons. The molecule has 3 heteroatoms. The Hall–Kier alpha value is -6.32. The van der Waals surface area contributed by atoms with Gasteiger partial charge in [-0.15, -0.1) is 0 Å². The highest BCUT2D eigenvalue weighted by atomic mass is 16.1. The monoisotopic (exact) mass is 751 g/mol. The number of carbonyl (C=O) groups is 2. The van der Waals surface area contributed by atoms with Gasteiger partial charge in [-0.2, -0.15) is 0 Å². The number of Topliss-reactive ketones (excluding diaryl/α,β-unsaturated/α-hetero) is 2. The van der Waals surface area contributed by atoms with Crippen molar-refractivity contribution in [3.05, 3.63) is 162 Å². The van der Waals surface area contributed by atoms with Gasteiger partial charge in [-0.05, 0) is 122 Å². The van der Waals surface area contributed by atoms with Crippen LogP contribution in [0.5, 0.6) is 0 Å². The van der Waals surface area contributed by atoms with Gasteiger partial charge >= 0.3 is 0 Å². The number of hydrogen-bond donors (Lipinski definition) is 0. The van der Waals surface area contributed by atoms with Gasteiger partial charge in [-0.1, -0.05) is 133 Å². The average Bonchev–Trinajstić information content (AvgIpc) is 3.80. The topological polar surface area (TPSA) is 38.5 Å². The van der Waals surface area contributed by atoms with Gasteiger partial charge in [0.2, 0.25) is 0 Å². The fourth-order valence-electron chi connectivity index (χ4n) is 10.9. The quantitative estimate of drug-likeness (QED) is 0.180. The Balaban J connectivity index is 1.31. The van der Waals surface area contributed by atoms with Crippen LogP contribution in [0.4, 0.5) is 0 Å². The second-order valence-corrected chi connectivity index (χ2v) is 18.9. The number of carbonyl (C=O) groups excluding carboxylic acids is 2. The zero-order valence-electron chi connectivity index (χ0n) is 34.0. The van der Waals surface area contributed by atoms with E-state index in [-0.39, 0.29) is 17.0 Å². The van der Waals surface area contributed by atoms with Crippen LogP contribution in [0.15, 0.2) is 140 Å². The molecule has 0 spiro atoms. The van der Waals surface area contributed by atoms with E-state index in [0.29, 0.717) is 0 Å². The molecule has 11 rings (SSSR count). The lowest BCUT2D eigenvalue weighted by atomic mass is 9.62. The summed E-state index contributed by atoms with van der Waals surface area (Å²) < 4.78 is 2.36. The van der Waals surface area contributed by atoms with Crippen LogP contribution in [0.1, 0.15) is 79.8 Å². The largest absolute Gasteiger partial charge is 0.308 e. The van der Waals surface area contributed by atoms with E-state index in [2.05, 4.69) is 185 Å². The minimum Gasteiger partial charge on any atom is -0.308 e. The summed E-state index contributed by atoms with van der Waals surface area (Å²) in [4.78, 5) is 28.1. The number of hydrogen-bond acceptors (Lipinski definition) is 2. The summed E-state index contributed by atoms with van der Waals surface area (Å²) in [7, 11) is 0. The van der Waals surface area contributed by atoms with Crippen molar-refractivity contribution < 1.29 is 9.59 Å². The fourth-order valence-corrected chi connectivity index (χ4v) is 10.9. The van der Waals surface area contributed by atoms with Crippen LogP contribution in [0.2, 0.25) is 0 Å². The number of benzene rings is 7. The van der Waals surface area contributed by atoms with Crippen molar-refractivity contribution in [1.82, 2.24) is 4.40 Å². The standard InChI is InChI=1S/C55H45NO2/c1-53(2)30-37-26-41-43-24-36(49-38(33-18-12-8-13-19-33)22-35(32-16-10-7-11-17-32)23-39(49)34-20-14-9-15-21-34)25-44-42-27-46-45(52(58)55(5,6)31-54(46,3)4)29-48(42)56(50(43)44)47(41)28-40(37)51(53)57/h7-29H,30-31H2,1-6H3. The van der Waals surface area contributed by atoms with E-state index in [1.807, 2.05) is 0 Å². The Morgan fingerprint density at radius 2 is 0.931 bits per heavy atom. The van der Waals surface area contributed by atoms with Crippen LogP contribution in [0.3, 0.4) is 0 Å². The van der Waals surface area contributed by atoms with Crippen LogP contribution >= 0.6 is 0 Å². The maximum Gasteiger partial charge on any atom is 0.169 e. The molecule has 2 aliphatic rings. The van der Waals surface area contributed by atoms with Crippen LogP contribution < -0.4 is 0 Å². The molecule has 3 nitrogen and oxygen atoms in total. The van der Waals surface area contributed by atoms with Crippen LogP contribution in [-0.2, 0) is 11.8 Å². The first kappa shape index (κ1) is 34.9. The second-order valence-electron chi connectivity index (χ2n) is 18.9. The Kier molecular flexibility index (Phi) is 7.14. The molecular formula is C55H45NO2. The first-order valence-corrected chi connectivity index (χ1v) is 20.6. The van der Waals surface area contributed by atoms with Crippen molar-refractivity contribution in [2.24, 2.45) is 10.8 Å². The molecule has 9 aromatic rings. The molecule has 0 amide bonds. The lowest BCUT2D eigenvalue weighted by molar-refractivity contribution is 0.0764. The van der Waals surface area contributed by atoms with Gasteiger partial charge in [0, 0.05) is 43.5 Å². The number of rotatable bonds is 4. The molecule has 2 heterocycles. The van der Waals surface area contributed by atoms with Crippen molar-refractivity contribution in [3.63, 3.8) is 0 Å². The van der Waals surface area contributed by atoms with Crippen molar-refractivity contribution >= 4 is 49.7 Å². The second kappa shape index (κ2) is 11.9. The number of ketones is 2. The van der Waals surface area contributed by atoms with Crippen molar-refractivity contribution in [2.45, 2.75) is 59.8 Å². The summed E-state index contributed by atoms with van der Waals surface area (Å²) in [5, 5.41) is 4.60. The molecule has 2 aliphatic carbocycles. The molecule has 0 fully saturated rings. The molecule has 0 atom stereocenters. The highest BCUT2D eigenvalue weighted by Crippen LogP contribution is 2.52. The van der Waals surface area contributed by atoms with Gasteiger partial charge < -0.3 is 4.40 Å². The third-order valence-corrected chi connectivity index (χ3v) is 13.4. The predicted molar refractivity (Wildman–Crippen MR) is 240 cm³/mol. The summed E-state index contributed by atoms with van der Waals surface area (Å²) in [5.41, 5.74) is 15.2. The zero-order valence-corrected chi connectivity index (χ0v) is 34.0. The number of aromatic nitrogens is 1. The van der Waals surface area contributed by atoms with Gasteiger partial charge in [-0.25, -0.2) is 0 Å². The summed E-state index contributed by atoms with van der Waals surface area (Å²) in [6.45, 7) is 12.9. The summed E-state index contributed by atoms with van der Waals surface area (Å²) >= 11 is 0. The van der Waals surface area contributed by atoms with Crippen molar-refractivity contribution in [2.75, 3.05) is 0 Å². The SMILES string of the molecule is CC1(C)Cc2cc3c4cc(-c5c(-c6ccccc6)cc(-c6ccccc6)cc5-c5ccccc5)cc5c6cc7c(cc6n(c3cc2C1=O)c45)C(=O)C(C)(C)CC7(C)C. The highest BCUT2D eigenvalue weighted by molar-refractivity contribution is 6.26. The van der Waals surface area contributed by atoms with Gasteiger partial charge in [0.15, 0.2) is 11.6 Å². The lowest BCUT2D eigenvalue weighted by Crippen LogP contribution is -2.39. The molecule has 7 aromatic carbocycles. The van der Waals surface area contributed by atoms with E-state index in [1.165, 1.54) is 27.8 Å². The van der Waals surface area contributed by atoms with Gasteiger partial charge in [0.25, 0.3) is 0 Å². The third-order valence-electron chi connectivity index (χ3n) is 13.4. The first-order chi connectivity index (χ1) is 27.8. The number of fused-ring (bicyclic) bond motifs is 8. The third kappa shape index (κ3) is 4.92. The Labute approximate surface area is 339 Å². The Morgan fingerprint density at radius 1 is 0.431 bits per heavy atom. The first-order valence-electron chi connectivity index (χ1n) is 20.6. The molecule has 0 bridgehead atoms. The molecule has 0 aliphatic heterocycles. The minimum absolute atomic E-state index is 0.190. The molecule has 58 heavy (non-hydrogen) atoms. The smallest absolute Gasteiger partial charge is 0.169 e. The highest BCUT2D eigenvalue weighted by Gasteiger charge is 2.44. The summed E-state index contributed by atoms with van der Waals surface area (Å²) in [5.74, 6) is 0.398. The van der Waals surface area contributed by atoms with Crippen LogP contribution in [0.25, 0.3) is 82.6 Å². The van der Waals surface area contributed by atoms with E-state index in [1.54, 1.807) is 0 Å². The van der Waals surface area contributed by atoms with Crippen LogP contribution in [-0.4, -0.2) is 16.0 Å². The maximum absolute atomic E-state index is 14.3. The molecule has 2 aromatic heterocycles. The van der Waals surface area contributed by atoms with Crippen molar-refractivity contribution in [3.8, 4) is 44.5 Å². The maximum atomic E-state index is 14.3. The molecule has 0 radical (unpaired) electrons. The van der Waals surface area contributed by atoms with Crippen molar-refractivity contribution in [1.29, 1.82) is 0 Å². The molecule has 0 saturated carbocycles. The van der Waals surface area contributed by atoms with Gasteiger partial charge in [0.1, 0.15) is 0 Å².